The molecule has 0 aromatic heterocycles. The molecule has 1 aromatic rings. The summed E-state index contributed by atoms with van der Waals surface area (Å²) in [4.78, 5) is 44.1. The van der Waals surface area contributed by atoms with E-state index in [2.05, 4.69) is 5.32 Å². The molecule has 1 unspecified atom stereocenters. The van der Waals surface area contributed by atoms with Crippen LogP contribution in [-0.2, 0) is 4.79 Å². The number of likely N-dealkylation sites (tertiary alicyclic amines) is 2. The zero-order valence-corrected chi connectivity index (χ0v) is 18.5. The highest BCUT2D eigenvalue weighted by Crippen LogP contribution is 2.56. The maximum Gasteiger partial charge on any atom is 0.319 e. The molecule has 4 amide bonds. The van der Waals surface area contributed by atoms with Gasteiger partial charge in [-0.05, 0) is 56.4 Å². The Morgan fingerprint density at radius 2 is 1.70 bits per heavy atom. The van der Waals surface area contributed by atoms with Gasteiger partial charge in [0.25, 0.3) is 5.91 Å². The standard InChI is InChI=1S/C23H32N4O3/c1-16-5-6-18(13-17(16)2)19(28)26-11-8-22(9-12-26)14-27(21(30)25(3)4)15-23(22)7-10-24-20(23)29/h5-6,13H,7-12,14-15H2,1-4H3,(H,24,29). The molecule has 3 aliphatic heterocycles. The van der Waals surface area contributed by atoms with Crippen molar-refractivity contribution < 1.29 is 14.4 Å². The van der Waals surface area contributed by atoms with Crippen LogP contribution < -0.4 is 5.32 Å². The molecule has 3 aliphatic rings. The minimum absolute atomic E-state index is 0.0420. The largest absolute Gasteiger partial charge is 0.356 e. The van der Waals surface area contributed by atoms with Crippen molar-refractivity contribution in [2.75, 3.05) is 46.8 Å². The lowest BCUT2D eigenvalue weighted by Crippen LogP contribution is -2.53. The van der Waals surface area contributed by atoms with Gasteiger partial charge in [0.2, 0.25) is 5.91 Å². The average Bonchev–Trinajstić information content (AvgIpc) is 3.25. The molecule has 7 nitrogen and oxygen atoms in total. The lowest BCUT2D eigenvalue weighted by molar-refractivity contribution is -0.133. The number of carbonyl (C=O) groups is 3. The number of benzene rings is 1. The number of nitrogens with zero attached hydrogens (tertiary/aromatic N) is 3. The highest BCUT2D eigenvalue weighted by Gasteiger charge is 2.64. The van der Waals surface area contributed by atoms with Crippen molar-refractivity contribution in [2.45, 2.75) is 33.1 Å². The molecule has 30 heavy (non-hydrogen) atoms. The van der Waals surface area contributed by atoms with Gasteiger partial charge in [-0.2, -0.15) is 0 Å². The minimum atomic E-state index is -0.533. The molecule has 4 rings (SSSR count). The normalized spacial score (nSPS) is 25.1. The van der Waals surface area contributed by atoms with E-state index in [4.69, 9.17) is 0 Å². The van der Waals surface area contributed by atoms with Crippen LogP contribution >= 0.6 is 0 Å². The van der Waals surface area contributed by atoms with Gasteiger partial charge >= 0.3 is 6.03 Å². The fraction of sp³-hybridized carbons (Fsp3) is 0.609. The van der Waals surface area contributed by atoms with E-state index in [0.29, 0.717) is 32.7 Å². The molecule has 0 bridgehead atoms. The molecular weight excluding hydrogens is 380 g/mol. The zero-order chi connectivity index (χ0) is 21.7. The Bertz CT molecular complexity index is 888. The second-order valence-corrected chi connectivity index (χ2v) is 9.49. The quantitative estimate of drug-likeness (QED) is 0.767. The lowest BCUT2D eigenvalue weighted by atomic mass is 9.60. The fourth-order valence-electron chi connectivity index (χ4n) is 5.64. The number of piperidine rings is 1. The van der Waals surface area contributed by atoms with Crippen molar-refractivity contribution in [1.82, 2.24) is 20.0 Å². The molecule has 1 aromatic carbocycles. The highest BCUT2D eigenvalue weighted by atomic mass is 16.2. The number of urea groups is 1. The van der Waals surface area contributed by atoms with Crippen LogP contribution in [0.25, 0.3) is 0 Å². The van der Waals surface area contributed by atoms with Crippen LogP contribution in [0.4, 0.5) is 4.79 Å². The molecule has 0 saturated carbocycles. The maximum atomic E-state index is 13.1. The van der Waals surface area contributed by atoms with Crippen molar-refractivity contribution in [3.05, 3.63) is 34.9 Å². The summed E-state index contributed by atoms with van der Waals surface area (Å²) in [6.45, 7) is 7.02. The van der Waals surface area contributed by atoms with E-state index in [0.717, 1.165) is 30.4 Å². The van der Waals surface area contributed by atoms with Crippen LogP contribution in [0, 0.1) is 24.7 Å². The van der Waals surface area contributed by atoms with Crippen molar-refractivity contribution in [3.8, 4) is 0 Å². The summed E-state index contributed by atoms with van der Waals surface area (Å²) in [6, 6.07) is 5.81. The van der Waals surface area contributed by atoms with Crippen LogP contribution in [0.15, 0.2) is 18.2 Å². The third kappa shape index (κ3) is 3.06. The Labute approximate surface area is 178 Å². The van der Waals surface area contributed by atoms with E-state index in [-0.39, 0.29) is 23.3 Å². The minimum Gasteiger partial charge on any atom is -0.356 e. The first-order valence-corrected chi connectivity index (χ1v) is 10.8. The van der Waals surface area contributed by atoms with Crippen molar-refractivity contribution >= 4 is 17.8 Å². The summed E-state index contributed by atoms with van der Waals surface area (Å²) in [7, 11) is 3.50. The van der Waals surface area contributed by atoms with Gasteiger partial charge in [-0.15, -0.1) is 0 Å². The van der Waals surface area contributed by atoms with Gasteiger partial charge < -0.3 is 20.0 Å². The monoisotopic (exact) mass is 412 g/mol. The van der Waals surface area contributed by atoms with Crippen molar-refractivity contribution in [3.63, 3.8) is 0 Å². The molecule has 0 aliphatic carbocycles. The van der Waals surface area contributed by atoms with Crippen molar-refractivity contribution in [2.24, 2.45) is 10.8 Å². The van der Waals surface area contributed by atoms with Gasteiger partial charge in [-0.25, -0.2) is 4.79 Å². The first kappa shape index (κ1) is 20.7. The first-order chi connectivity index (χ1) is 14.2. The average molecular weight is 413 g/mol. The highest BCUT2D eigenvalue weighted by molar-refractivity contribution is 5.94. The first-order valence-electron chi connectivity index (χ1n) is 10.8. The number of hydrogen-bond acceptors (Lipinski definition) is 3. The van der Waals surface area contributed by atoms with Gasteiger partial charge in [0.05, 0.1) is 5.41 Å². The smallest absolute Gasteiger partial charge is 0.319 e. The number of carbonyl (C=O) groups excluding carboxylic acids is 3. The summed E-state index contributed by atoms with van der Waals surface area (Å²) in [5.41, 5.74) is 2.21. The Morgan fingerprint density at radius 3 is 2.27 bits per heavy atom. The zero-order valence-electron chi connectivity index (χ0n) is 18.5. The predicted molar refractivity (Wildman–Crippen MR) is 114 cm³/mol. The summed E-state index contributed by atoms with van der Waals surface area (Å²) in [5, 5.41) is 3.01. The summed E-state index contributed by atoms with van der Waals surface area (Å²) in [5.74, 6) is 0.127. The molecule has 3 fully saturated rings. The Morgan fingerprint density at radius 1 is 1.00 bits per heavy atom. The molecular formula is C23H32N4O3. The number of aryl methyl sites for hydroxylation is 2. The van der Waals surface area contributed by atoms with Crippen molar-refractivity contribution in [1.29, 1.82) is 0 Å². The van der Waals surface area contributed by atoms with Gasteiger partial charge in [0.1, 0.15) is 0 Å². The number of hydrogen-bond donors (Lipinski definition) is 1. The Balaban J connectivity index is 1.55. The molecule has 7 heteroatoms. The lowest BCUT2D eigenvalue weighted by Gasteiger charge is -2.46. The van der Waals surface area contributed by atoms with Gasteiger partial charge in [0, 0.05) is 57.8 Å². The van der Waals surface area contributed by atoms with Gasteiger partial charge in [-0.3, -0.25) is 9.59 Å². The van der Waals surface area contributed by atoms with E-state index >= 15 is 0 Å². The molecule has 1 N–H and O–H groups in total. The van der Waals surface area contributed by atoms with Crippen LogP contribution in [0.3, 0.4) is 0 Å². The molecule has 1 atom stereocenters. The second kappa shape index (κ2) is 7.29. The summed E-state index contributed by atoms with van der Waals surface area (Å²) < 4.78 is 0. The van der Waals surface area contributed by atoms with E-state index in [1.807, 2.05) is 41.8 Å². The Hall–Kier alpha value is -2.57. The molecule has 162 valence electrons. The second-order valence-electron chi connectivity index (χ2n) is 9.49. The van der Waals surface area contributed by atoms with E-state index < -0.39 is 5.41 Å². The summed E-state index contributed by atoms with van der Waals surface area (Å²) >= 11 is 0. The number of nitrogens with one attached hydrogen (secondary N) is 1. The number of amides is 4. The Kier molecular flexibility index (Phi) is 5.03. The predicted octanol–water partition coefficient (Wildman–Crippen LogP) is 2.03. The van der Waals surface area contributed by atoms with Crippen LogP contribution in [0.2, 0.25) is 0 Å². The van der Waals surface area contributed by atoms with E-state index in [1.54, 1.807) is 19.0 Å². The third-order valence-corrected chi connectivity index (χ3v) is 7.66. The maximum absolute atomic E-state index is 13.1. The van der Waals surface area contributed by atoms with E-state index in [1.165, 1.54) is 5.56 Å². The van der Waals surface area contributed by atoms with Crippen LogP contribution in [0.5, 0.6) is 0 Å². The summed E-state index contributed by atoms with van der Waals surface area (Å²) in [6.07, 6.45) is 2.25. The van der Waals surface area contributed by atoms with Crippen LogP contribution in [-0.4, -0.2) is 79.4 Å². The molecule has 3 heterocycles. The molecule has 3 saturated heterocycles. The topological polar surface area (TPSA) is 73.0 Å². The fourth-order valence-corrected chi connectivity index (χ4v) is 5.64. The number of rotatable bonds is 1. The van der Waals surface area contributed by atoms with Gasteiger partial charge in [-0.1, -0.05) is 6.07 Å². The molecule has 0 radical (unpaired) electrons. The third-order valence-electron chi connectivity index (χ3n) is 7.66. The SMILES string of the molecule is Cc1ccc(C(=O)N2CCC3(CC2)CN(C(=O)N(C)C)CC32CCNC2=O)cc1C. The van der Waals surface area contributed by atoms with Gasteiger partial charge in [0.15, 0.2) is 0 Å². The number of fused-ring (bicyclic) bond motifs is 1. The van der Waals surface area contributed by atoms with E-state index in [9.17, 15) is 14.4 Å². The van der Waals surface area contributed by atoms with Crippen LogP contribution in [0.1, 0.15) is 40.7 Å². The molecule has 2 spiro atoms.